The quantitative estimate of drug-likeness (QED) is 0.516. The van der Waals surface area contributed by atoms with Crippen LogP contribution in [0.3, 0.4) is 0 Å². The van der Waals surface area contributed by atoms with Crippen molar-refractivity contribution in [2.45, 2.75) is 17.5 Å². The fourth-order valence-electron chi connectivity index (χ4n) is 0.575. The zero-order valence-corrected chi connectivity index (χ0v) is 7.59. The summed E-state index contributed by atoms with van der Waals surface area (Å²) in [4.78, 5) is -0.0486. The van der Waals surface area contributed by atoms with Crippen LogP contribution in [0.2, 0.25) is 0 Å². The van der Waals surface area contributed by atoms with E-state index in [1.54, 1.807) is 14.2 Å². The summed E-state index contributed by atoms with van der Waals surface area (Å²) in [6, 6.07) is 2.01. The summed E-state index contributed by atoms with van der Waals surface area (Å²) in [6.45, 7) is 0. The monoisotopic (exact) mass is 207 g/mol. The van der Waals surface area contributed by atoms with Crippen LogP contribution in [0.1, 0.15) is 6.42 Å². The van der Waals surface area contributed by atoms with E-state index in [1.807, 2.05) is 6.07 Å². The summed E-state index contributed by atoms with van der Waals surface area (Å²) < 4.78 is 9.79. The van der Waals surface area contributed by atoms with Crippen LogP contribution < -0.4 is 0 Å². The van der Waals surface area contributed by atoms with Gasteiger partial charge in [0.1, 0.15) is 0 Å². The topological polar surface area (TPSA) is 42.2 Å². The van der Waals surface area contributed by atoms with Crippen LogP contribution >= 0.6 is 15.9 Å². The number of rotatable bonds is 4. The van der Waals surface area contributed by atoms with Crippen LogP contribution in [0, 0.1) is 11.3 Å². The minimum Gasteiger partial charge on any atom is -0.355 e. The maximum atomic E-state index is 8.29. The van der Waals surface area contributed by atoms with Gasteiger partial charge in [0.2, 0.25) is 0 Å². The Morgan fingerprint density at radius 2 is 2.00 bits per heavy atom. The first-order valence-corrected chi connectivity index (χ1v) is 3.74. The number of nitriles is 1. The number of halogens is 1. The average molecular weight is 208 g/mol. The smallest absolute Gasteiger partial charge is 0.170 e. The molecular formula is C6H10BrNO2. The van der Waals surface area contributed by atoms with E-state index in [2.05, 4.69) is 15.9 Å². The number of hydrogen-bond donors (Lipinski definition) is 0. The molecule has 0 amide bonds. The molecule has 0 saturated heterocycles. The van der Waals surface area contributed by atoms with Crippen molar-refractivity contribution < 1.29 is 9.47 Å². The van der Waals surface area contributed by atoms with Crippen LogP contribution in [0.5, 0.6) is 0 Å². The Labute approximate surface area is 69.1 Å². The molecule has 0 aliphatic rings. The van der Waals surface area contributed by atoms with Crippen LogP contribution in [0.4, 0.5) is 0 Å². The largest absolute Gasteiger partial charge is 0.355 e. The lowest BCUT2D eigenvalue weighted by Crippen LogP contribution is -2.24. The normalized spacial score (nSPS) is 13.1. The number of alkyl halides is 1. The Morgan fingerprint density at radius 3 is 2.30 bits per heavy atom. The van der Waals surface area contributed by atoms with E-state index >= 15 is 0 Å². The fourth-order valence-corrected chi connectivity index (χ4v) is 1.15. The van der Waals surface area contributed by atoms with Crippen molar-refractivity contribution in [1.29, 1.82) is 5.26 Å². The highest BCUT2D eigenvalue weighted by Crippen LogP contribution is 2.12. The van der Waals surface area contributed by atoms with Gasteiger partial charge in [0.15, 0.2) is 6.29 Å². The van der Waals surface area contributed by atoms with Gasteiger partial charge in [-0.15, -0.1) is 0 Å². The van der Waals surface area contributed by atoms with Gasteiger partial charge in [0, 0.05) is 14.2 Å². The molecule has 0 saturated carbocycles. The lowest BCUT2D eigenvalue weighted by Gasteiger charge is -2.16. The molecule has 4 heteroatoms. The molecule has 0 radical (unpaired) electrons. The third-order valence-electron chi connectivity index (χ3n) is 1.05. The minimum atomic E-state index is -0.334. The predicted octanol–water partition coefficient (Wildman–Crippen LogP) is 1.28. The second-order valence-corrected chi connectivity index (χ2v) is 2.89. The zero-order valence-electron chi connectivity index (χ0n) is 6.00. The third kappa shape index (κ3) is 3.16. The van der Waals surface area contributed by atoms with Crippen LogP contribution in [-0.4, -0.2) is 25.3 Å². The summed E-state index contributed by atoms with van der Waals surface area (Å²) in [6.07, 6.45) is 0.0476. The zero-order chi connectivity index (χ0) is 7.98. The molecule has 0 aromatic heterocycles. The second kappa shape index (κ2) is 5.66. The van der Waals surface area contributed by atoms with Crippen LogP contribution in [0.15, 0.2) is 0 Å². The Hall–Kier alpha value is -0.110. The summed E-state index contributed by atoms with van der Waals surface area (Å²) in [5.41, 5.74) is 0. The summed E-state index contributed by atoms with van der Waals surface area (Å²) in [5, 5.41) is 8.29. The van der Waals surface area contributed by atoms with Gasteiger partial charge < -0.3 is 9.47 Å². The Kier molecular flexibility index (Phi) is 5.60. The minimum absolute atomic E-state index is 0.0486. The van der Waals surface area contributed by atoms with E-state index in [1.165, 1.54) is 0 Å². The van der Waals surface area contributed by atoms with Gasteiger partial charge in [-0.1, -0.05) is 15.9 Å². The lowest BCUT2D eigenvalue weighted by atomic mass is 10.3. The Morgan fingerprint density at radius 1 is 1.50 bits per heavy atom. The molecule has 0 aliphatic carbocycles. The van der Waals surface area contributed by atoms with Crippen molar-refractivity contribution in [2.75, 3.05) is 14.2 Å². The third-order valence-corrected chi connectivity index (χ3v) is 1.80. The van der Waals surface area contributed by atoms with E-state index in [-0.39, 0.29) is 11.1 Å². The maximum absolute atomic E-state index is 8.29. The van der Waals surface area contributed by atoms with E-state index in [9.17, 15) is 0 Å². The van der Waals surface area contributed by atoms with Gasteiger partial charge in [-0.25, -0.2) is 0 Å². The molecule has 0 rings (SSSR count). The molecule has 0 aliphatic heterocycles. The molecule has 1 unspecified atom stereocenters. The SMILES string of the molecule is COC(OC)C(Br)CC#N. The molecule has 3 nitrogen and oxygen atoms in total. The molecule has 0 heterocycles. The Bertz CT molecular complexity index is 119. The maximum Gasteiger partial charge on any atom is 0.170 e. The highest BCUT2D eigenvalue weighted by molar-refractivity contribution is 9.09. The summed E-state index contributed by atoms with van der Waals surface area (Å²) in [5.74, 6) is 0. The van der Waals surface area contributed by atoms with E-state index < -0.39 is 0 Å². The highest BCUT2D eigenvalue weighted by Gasteiger charge is 2.16. The van der Waals surface area contributed by atoms with Gasteiger partial charge >= 0.3 is 0 Å². The lowest BCUT2D eigenvalue weighted by molar-refractivity contribution is -0.0995. The average Bonchev–Trinajstić information content (AvgIpc) is 1.91. The van der Waals surface area contributed by atoms with E-state index in [0.717, 1.165) is 0 Å². The molecule has 0 spiro atoms. The fraction of sp³-hybridized carbons (Fsp3) is 0.833. The molecule has 58 valence electrons. The first-order chi connectivity index (χ1) is 4.76. The van der Waals surface area contributed by atoms with Crippen molar-refractivity contribution in [2.24, 2.45) is 0 Å². The number of nitrogens with zero attached hydrogens (tertiary/aromatic N) is 1. The first-order valence-electron chi connectivity index (χ1n) is 2.82. The molecule has 1 atom stereocenters. The van der Waals surface area contributed by atoms with Crippen molar-refractivity contribution in [3.8, 4) is 6.07 Å². The Balaban J connectivity index is 3.66. The van der Waals surface area contributed by atoms with Gasteiger partial charge in [0.05, 0.1) is 17.3 Å². The number of hydrogen-bond acceptors (Lipinski definition) is 3. The summed E-state index contributed by atoms with van der Waals surface area (Å²) in [7, 11) is 3.08. The molecular weight excluding hydrogens is 198 g/mol. The van der Waals surface area contributed by atoms with Gasteiger partial charge in [-0.05, 0) is 0 Å². The van der Waals surface area contributed by atoms with Crippen molar-refractivity contribution >= 4 is 15.9 Å². The van der Waals surface area contributed by atoms with E-state index in [0.29, 0.717) is 6.42 Å². The second-order valence-electron chi connectivity index (χ2n) is 1.72. The van der Waals surface area contributed by atoms with E-state index in [4.69, 9.17) is 14.7 Å². The van der Waals surface area contributed by atoms with Gasteiger partial charge in [-0.3, -0.25) is 0 Å². The van der Waals surface area contributed by atoms with Crippen LogP contribution in [0.25, 0.3) is 0 Å². The molecule has 10 heavy (non-hydrogen) atoms. The molecule has 0 fully saturated rings. The molecule has 0 bridgehead atoms. The van der Waals surface area contributed by atoms with Gasteiger partial charge in [-0.2, -0.15) is 5.26 Å². The van der Waals surface area contributed by atoms with Crippen molar-refractivity contribution in [3.63, 3.8) is 0 Å². The van der Waals surface area contributed by atoms with Crippen molar-refractivity contribution in [1.82, 2.24) is 0 Å². The number of methoxy groups -OCH3 is 2. The standard InChI is InChI=1S/C6H10BrNO2/c1-9-6(10-2)5(7)3-4-8/h5-6H,3H2,1-2H3. The molecule has 0 aromatic carbocycles. The predicted molar refractivity (Wildman–Crippen MR) is 40.8 cm³/mol. The molecule has 0 N–H and O–H groups in total. The van der Waals surface area contributed by atoms with Crippen LogP contribution in [-0.2, 0) is 9.47 Å². The van der Waals surface area contributed by atoms with Crippen molar-refractivity contribution in [3.05, 3.63) is 0 Å². The van der Waals surface area contributed by atoms with Gasteiger partial charge in [0.25, 0.3) is 0 Å². The highest BCUT2D eigenvalue weighted by atomic mass is 79.9. The molecule has 0 aromatic rings. The summed E-state index contributed by atoms with van der Waals surface area (Å²) >= 11 is 3.25. The first kappa shape index (κ1) is 9.89. The number of ether oxygens (including phenoxy) is 2.